The lowest BCUT2D eigenvalue weighted by Gasteiger charge is -2.36. The van der Waals surface area contributed by atoms with Gasteiger partial charge in [0.2, 0.25) is 0 Å². The van der Waals surface area contributed by atoms with Crippen LogP contribution in [0.5, 0.6) is 11.5 Å². The summed E-state index contributed by atoms with van der Waals surface area (Å²) in [7, 11) is 0. The SMILES string of the molecule is CC1(O)CCC(NC[C@@]2(c3ccccc3)Cc3c(cccc3-c3c(F)c(OCc4ncccn4)c(Cl)c(F)c3C(N)=O)O2)CC1. The average Bonchev–Trinajstić information content (AvgIpc) is 3.43. The van der Waals surface area contributed by atoms with Gasteiger partial charge in [0.1, 0.15) is 17.4 Å². The van der Waals surface area contributed by atoms with Crippen molar-refractivity contribution in [2.45, 2.75) is 62.9 Å². The molecular weight excluding hydrogens is 602 g/mol. The topological polar surface area (TPSA) is 120 Å². The van der Waals surface area contributed by atoms with Crippen molar-refractivity contribution in [3.8, 4) is 22.6 Å². The van der Waals surface area contributed by atoms with Crippen LogP contribution in [0.4, 0.5) is 8.78 Å². The molecule has 4 N–H and O–H groups in total. The largest absolute Gasteiger partial charge is 0.481 e. The lowest BCUT2D eigenvalue weighted by molar-refractivity contribution is 0.0104. The number of nitrogens with zero attached hydrogens (tertiary/aromatic N) is 2. The van der Waals surface area contributed by atoms with Gasteiger partial charge in [0.15, 0.2) is 28.8 Å². The van der Waals surface area contributed by atoms with E-state index in [9.17, 15) is 9.90 Å². The molecule has 11 heteroatoms. The third-order valence-corrected chi connectivity index (χ3v) is 9.04. The van der Waals surface area contributed by atoms with Crippen molar-refractivity contribution in [2.75, 3.05) is 6.54 Å². The van der Waals surface area contributed by atoms with Crippen LogP contribution < -0.4 is 20.5 Å². The summed E-state index contributed by atoms with van der Waals surface area (Å²) < 4.78 is 44.5. The number of hydrogen-bond acceptors (Lipinski definition) is 7. The van der Waals surface area contributed by atoms with E-state index < -0.39 is 45.1 Å². The number of primary amides is 1. The summed E-state index contributed by atoms with van der Waals surface area (Å²) in [5.41, 5.74) is 4.73. The molecule has 234 valence electrons. The standard InChI is InChI=1S/C34H33ClF2N4O4/c1-33(43)13-11-21(12-14-33)41-19-34(20-7-3-2-4-8-20)17-23-22(9-5-10-24(23)45-34)26-27(32(38)42)29(36)28(35)31(30(26)37)44-18-25-39-15-6-16-40-25/h2-10,15-16,21,41,43H,11-14,17-19H2,1H3,(H2,38,42)/t21?,33?,34-/m1/s1. The van der Waals surface area contributed by atoms with Crippen molar-refractivity contribution >= 4 is 17.5 Å². The van der Waals surface area contributed by atoms with E-state index in [-0.39, 0.29) is 36.0 Å². The number of amides is 1. The number of fused-ring (bicyclic) bond motifs is 1. The molecule has 1 aliphatic heterocycles. The zero-order chi connectivity index (χ0) is 31.8. The van der Waals surface area contributed by atoms with E-state index in [0.29, 0.717) is 30.7 Å². The van der Waals surface area contributed by atoms with Gasteiger partial charge in [-0.25, -0.2) is 18.7 Å². The van der Waals surface area contributed by atoms with Gasteiger partial charge in [0.05, 0.1) is 11.2 Å². The number of aliphatic hydroxyl groups is 1. The van der Waals surface area contributed by atoms with Gasteiger partial charge in [-0.15, -0.1) is 0 Å². The second-order valence-corrected chi connectivity index (χ2v) is 12.3. The molecule has 1 fully saturated rings. The first-order valence-electron chi connectivity index (χ1n) is 14.8. The second-order valence-electron chi connectivity index (χ2n) is 11.9. The fraction of sp³-hybridized carbons (Fsp3) is 0.324. The van der Waals surface area contributed by atoms with Crippen molar-refractivity contribution in [2.24, 2.45) is 5.73 Å². The van der Waals surface area contributed by atoms with Crippen molar-refractivity contribution < 1.29 is 28.2 Å². The highest BCUT2D eigenvalue weighted by molar-refractivity contribution is 6.33. The Kier molecular flexibility index (Phi) is 8.47. The molecule has 2 heterocycles. The molecule has 45 heavy (non-hydrogen) atoms. The van der Waals surface area contributed by atoms with Crippen LogP contribution >= 0.6 is 11.6 Å². The molecule has 8 nitrogen and oxygen atoms in total. The summed E-state index contributed by atoms with van der Waals surface area (Å²) in [4.78, 5) is 20.7. The molecular formula is C34H33ClF2N4O4. The van der Waals surface area contributed by atoms with Crippen LogP contribution in [0.1, 0.15) is 59.9 Å². The van der Waals surface area contributed by atoms with Crippen molar-refractivity contribution in [1.29, 1.82) is 0 Å². The minimum Gasteiger partial charge on any atom is -0.481 e. The number of nitrogens with two attached hydrogens (primary N) is 1. The Hall–Kier alpha value is -4.12. The monoisotopic (exact) mass is 634 g/mol. The van der Waals surface area contributed by atoms with Gasteiger partial charge >= 0.3 is 0 Å². The molecule has 1 atom stereocenters. The normalized spacial score (nSPS) is 22.5. The average molecular weight is 635 g/mol. The van der Waals surface area contributed by atoms with E-state index in [0.717, 1.165) is 18.4 Å². The molecule has 0 bridgehead atoms. The number of halogens is 3. The maximum Gasteiger partial charge on any atom is 0.252 e. The lowest BCUT2D eigenvalue weighted by atomic mass is 9.82. The predicted octanol–water partition coefficient (Wildman–Crippen LogP) is 5.87. The molecule has 6 rings (SSSR count). The summed E-state index contributed by atoms with van der Waals surface area (Å²) in [6, 6.07) is 16.5. The second kappa shape index (κ2) is 12.3. The van der Waals surface area contributed by atoms with Crippen LogP contribution in [0.25, 0.3) is 11.1 Å². The maximum atomic E-state index is 16.5. The molecule has 4 aromatic rings. The number of rotatable bonds is 9. The predicted molar refractivity (Wildman–Crippen MR) is 165 cm³/mol. The number of carbonyl (C=O) groups excluding carboxylic acids is 1. The third kappa shape index (κ3) is 6.10. The van der Waals surface area contributed by atoms with E-state index in [1.807, 2.05) is 37.3 Å². The maximum absolute atomic E-state index is 16.5. The molecule has 1 amide bonds. The Labute approximate surface area is 264 Å². The molecule has 1 saturated carbocycles. The first kappa shape index (κ1) is 30.9. The van der Waals surface area contributed by atoms with E-state index in [1.54, 1.807) is 24.3 Å². The number of carbonyl (C=O) groups is 1. The smallest absolute Gasteiger partial charge is 0.252 e. The Balaban J connectivity index is 1.40. The van der Waals surface area contributed by atoms with Gasteiger partial charge in [0, 0.05) is 42.5 Å². The summed E-state index contributed by atoms with van der Waals surface area (Å²) in [6.07, 6.45) is 6.26. The molecule has 0 radical (unpaired) electrons. The minimum atomic E-state index is -1.19. The highest BCUT2D eigenvalue weighted by atomic mass is 35.5. The first-order chi connectivity index (χ1) is 21.6. The first-order valence-corrected chi connectivity index (χ1v) is 15.2. The molecule has 2 aliphatic rings. The summed E-state index contributed by atoms with van der Waals surface area (Å²) in [6.45, 7) is 1.99. The van der Waals surface area contributed by atoms with Gasteiger partial charge in [-0.05, 0) is 55.9 Å². The Bertz CT molecular complexity index is 1720. The van der Waals surface area contributed by atoms with Gasteiger partial charge in [0.25, 0.3) is 5.91 Å². The van der Waals surface area contributed by atoms with Crippen LogP contribution in [0.2, 0.25) is 5.02 Å². The van der Waals surface area contributed by atoms with Gasteiger partial charge in [-0.2, -0.15) is 0 Å². The molecule has 1 aliphatic carbocycles. The van der Waals surface area contributed by atoms with Crippen molar-refractivity contribution in [3.63, 3.8) is 0 Å². The Morgan fingerprint density at radius 3 is 2.49 bits per heavy atom. The fourth-order valence-electron chi connectivity index (χ4n) is 6.26. The minimum absolute atomic E-state index is 0.176. The van der Waals surface area contributed by atoms with E-state index in [2.05, 4.69) is 15.3 Å². The van der Waals surface area contributed by atoms with Gasteiger partial charge < -0.3 is 25.6 Å². The summed E-state index contributed by atoms with van der Waals surface area (Å²) in [5.74, 6) is -3.29. The highest BCUT2D eigenvalue weighted by Gasteiger charge is 2.44. The van der Waals surface area contributed by atoms with Crippen LogP contribution in [-0.4, -0.2) is 39.2 Å². The van der Waals surface area contributed by atoms with Gasteiger partial charge in [-0.3, -0.25) is 4.79 Å². The Morgan fingerprint density at radius 1 is 1.09 bits per heavy atom. The van der Waals surface area contributed by atoms with Crippen LogP contribution in [-0.2, 0) is 18.6 Å². The number of hydrogen-bond donors (Lipinski definition) is 3. The van der Waals surface area contributed by atoms with E-state index in [4.69, 9.17) is 26.8 Å². The molecule has 0 saturated heterocycles. The highest BCUT2D eigenvalue weighted by Crippen LogP contribution is 2.49. The van der Waals surface area contributed by atoms with Crippen LogP contribution in [0.15, 0.2) is 67.0 Å². The zero-order valence-electron chi connectivity index (χ0n) is 24.7. The molecule has 0 unspecified atom stereocenters. The zero-order valence-corrected chi connectivity index (χ0v) is 25.4. The molecule has 0 spiro atoms. The summed E-state index contributed by atoms with van der Waals surface area (Å²) in [5, 5.41) is 13.4. The van der Waals surface area contributed by atoms with Gasteiger partial charge in [-0.1, -0.05) is 54.1 Å². The van der Waals surface area contributed by atoms with Crippen molar-refractivity contribution in [1.82, 2.24) is 15.3 Å². The third-order valence-electron chi connectivity index (χ3n) is 8.70. The Morgan fingerprint density at radius 2 is 1.80 bits per heavy atom. The molecule has 1 aromatic heterocycles. The number of nitrogens with one attached hydrogen (secondary N) is 1. The van der Waals surface area contributed by atoms with Crippen LogP contribution in [0.3, 0.4) is 0 Å². The number of benzene rings is 3. The van der Waals surface area contributed by atoms with Crippen molar-refractivity contribution in [3.05, 3.63) is 106 Å². The fourth-order valence-corrected chi connectivity index (χ4v) is 6.49. The number of ether oxygens (including phenoxy) is 2. The molecule has 3 aromatic carbocycles. The van der Waals surface area contributed by atoms with E-state index >= 15 is 8.78 Å². The van der Waals surface area contributed by atoms with Crippen LogP contribution in [0, 0.1) is 11.6 Å². The lowest BCUT2D eigenvalue weighted by Crippen LogP contribution is -2.48. The quantitative estimate of drug-likeness (QED) is 0.197. The number of aromatic nitrogens is 2. The van der Waals surface area contributed by atoms with E-state index in [1.165, 1.54) is 12.4 Å². The summed E-state index contributed by atoms with van der Waals surface area (Å²) >= 11 is 6.21.